The number of hydrogen-bond donors (Lipinski definition) is 3. The smallest absolute Gasteiger partial charge is 0.261 e. The minimum absolute atomic E-state index is 0.0118. The number of benzene rings is 3. The molecule has 0 saturated carbocycles. The number of hydrogen-bond acceptors (Lipinski definition) is 4. The van der Waals surface area contributed by atoms with Gasteiger partial charge in [-0.05, 0) is 78.8 Å². The van der Waals surface area contributed by atoms with E-state index in [-0.39, 0.29) is 41.3 Å². The molecule has 2 amide bonds. The number of carbonyl (C=O) groups excluding carboxylic acids is 2. The highest BCUT2D eigenvalue weighted by Gasteiger charge is 2.18. The average molecular weight is 536 g/mol. The maximum absolute atomic E-state index is 12.8. The molecule has 3 N–H and O–H groups in total. The van der Waals surface area contributed by atoms with Crippen LogP contribution in [0.2, 0.25) is 0 Å². The minimum atomic E-state index is -3.85. The number of nitrogens with one attached hydrogen (secondary N) is 3. The molecule has 0 spiro atoms. The van der Waals surface area contributed by atoms with Gasteiger partial charge in [0.15, 0.2) is 0 Å². The monoisotopic (exact) mass is 535 g/mol. The maximum Gasteiger partial charge on any atom is 0.261 e. The second-order valence-corrected chi connectivity index (χ2v) is 12.3. The van der Waals surface area contributed by atoms with E-state index in [0.29, 0.717) is 5.69 Å². The van der Waals surface area contributed by atoms with Gasteiger partial charge in [-0.1, -0.05) is 56.7 Å². The van der Waals surface area contributed by atoms with Crippen molar-refractivity contribution in [3.05, 3.63) is 94.0 Å². The van der Waals surface area contributed by atoms with Crippen molar-refractivity contribution in [3.63, 3.8) is 0 Å². The van der Waals surface area contributed by atoms with Crippen molar-refractivity contribution in [2.45, 2.75) is 58.3 Å². The van der Waals surface area contributed by atoms with Crippen LogP contribution in [0.25, 0.3) is 0 Å². The summed E-state index contributed by atoms with van der Waals surface area (Å²) in [4.78, 5) is 25.1. The van der Waals surface area contributed by atoms with E-state index in [1.807, 2.05) is 32.9 Å². The van der Waals surface area contributed by atoms with Crippen molar-refractivity contribution in [2.75, 3.05) is 17.8 Å². The van der Waals surface area contributed by atoms with Gasteiger partial charge in [-0.3, -0.25) is 14.3 Å². The molecular weight excluding hydrogens is 498 g/mol. The Bertz CT molecular complexity index is 1400. The molecular formula is C30H37N3O4S. The van der Waals surface area contributed by atoms with Crippen LogP contribution in [0.5, 0.6) is 0 Å². The number of aryl methyl sites for hydroxylation is 3. The molecule has 0 saturated heterocycles. The first-order chi connectivity index (χ1) is 17.8. The van der Waals surface area contributed by atoms with E-state index in [4.69, 9.17) is 0 Å². The Morgan fingerprint density at radius 2 is 1.42 bits per heavy atom. The summed E-state index contributed by atoms with van der Waals surface area (Å²) in [6.45, 7) is 12.9. The zero-order chi connectivity index (χ0) is 28.1. The fraction of sp³-hybridized carbons (Fsp3) is 0.333. The summed E-state index contributed by atoms with van der Waals surface area (Å²) < 4.78 is 28.1. The minimum Gasteiger partial charge on any atom is -0.354 e. The third kappa shape index (κ3) is 7.68. The van der Waals surface area contributed by atoms with E-state index in [1.54, 1.807) is 18.2 Å². The fourth-order valence-electron chi connectivity index (χ4n) is 4.05. The van der Waals surface area contributed by atoms with Gasteiger partial charge in [0, 0.05) is 24.3 Å². The second-order valence-electron chi connectivity index (χ2n) is 10.6. The fourth-order valence-corrected chi connectivity index (χ4v) is 5.15. The summed E-state index contributed by atoms with van der Waals surface area (Å²) in [6.07, 6.45) is 0.268. The second kappa shape index (κ2) is 11.8. The van der Waals surface area contributed by atoms with E-state index in [0.717, 1.165) is 22.3 Å². The third-order valence-corrected chi connectivity index (χ3v) is 7.72. The Morgan fingerprint density at radius 1 is 0.816 bits per heavy atom. The van der Waals surface area contributed by atoms with Gasteiger partial charge in [0.25, 0.3) is 15.9 Å². The van der Waals surface area contributed by atoms with Crippen LogP contribution in [0.1, 0.15) is 58.9 Å². The summed E-state index contributed by atoms with van der Waals surface area (Å²) in [6, 6.07) is 17.1. The van der Waals surface area contributed by atoms with Gasteiger partial charge in [0.2, 0.25) is 5.91 Å². The van der Waals surface area contributed by atoms with Gasteiger partial charge in [-0.2, -0.15) is 0 Å². The summed E-state index contributed by atoms with van der Waals surface area (Å²) in [5, 5.41) is 5.58. The lowest BCUT2D eigenvalue weighted by molar-refractivity contribution is -0.120. The molecule has 3 aromatic rings. The van der Waals surface area contributed by atoms with Crippen LogP contribution in [0, 0.1) is 20.8 Å². The van der Waals surface area contributed by atoms with Crippen LogP contribution in [-0.4, -0.2) is 33.3 Å². The van der Waals surface area contributed by atoms with Crippen molar-refractivity contribution in [2.24, 2.45) is 0 Å². The van der Waals surface area contributed by atoms with Crippen LogP contribution < -0.4 is 15.4 Å². The zero-order valence-corrected chi connectivity index (χ0v) is 23.8. The first kappa shape index (κ1) is 28.9. The van der Waals surface area contributed by atoms with E-state index in [9.17, 15) is 18.0 Å². The van der Waals surface area contributed by atoms with Crippen LogP contribution in [0.4, 0.5) is 5.69 Å². The molecule has 0 fully saturated rings. The van der Waals surface area contributed by atoms with Crippen LogP contribution >= 0.6 is 0 Å². The van der Waals surface area contributed by atoms with E-state index in [2.05, 4.69) is 48.3 Å². The number of anilines is 1. The third-order valence-electron chi connectivity index (χ3n) is 6.34. The van der Waals surface area contributed by atoms with Gasteiger partial charge < -0.3 is 10.6 Å². The van der Waals surface area contributed by atoms with Crippen molar-refractivity contribution >= 4 is 27.5 Å². The molecule has 0 aliphatic carbocycles. The molecule has 38 heavy (non-hydrogen) atoms. The Labute approximate surface area is 226 Å². The predicted molar refractivity (Wildman–Crippen MR) is 152 cm³/mol. The van der Waals surface area contributed by atoms with Gasteiger partial charge >= 0.3 is 0 Å². The van der Waals surface area contributed by atoms with Crippen molar-refractivity contribution in [3.8, 4) is 0 Å². The van der Waals surface area contributed by atoms with Crippen molar-refractivity contribution < 1.29 is 18.0 Å². The molecule has 8 heteroatoms. The van der Waals surface area contributed by atoms with Crippen molar-refractivity contribution in [1.29, 1.82) is 0 Å². The first-order valence-electron chi connectivity index (χ1n) is 12.6. The normalized spacial score (nSPS) is 11.6. The lowest BCUT2D eigenvalue weighted by atomic mass is 9.83. The lowest BCUT2D eigenvalue weighted by Gasteiger charge is -2.22. The predicted octanol–water partition coefficient (Wildman–Crippen LogP) is 4.80. The molecule has 0 atom stereocenters. The van der Waals surface area contributed by atoms with Gasteiger partial charge in [-0.15, -0.1) is 0 Å². The molecule has 0 aliphatic rings. The maximum atomic E-state index is 12.8. The summed E-state index contributed by atoms with van der Waals surface area (Å²) in [7, 11) is -3.85. The quantitative estimate of drug-likeness (QED) is 0.343. The van der Waals surface area contributed by atoms with Gasteiger partial charge in [0.05, 0.1) is 11.3 Å². The highest BCUT2D eigenvalue weighted by molar-refractivity contribution is 7.92. The molecule has 3 aromatic carbocycles. The van der Waals surface area contributed by atoms with Gasteiger partial charge in [-0.25, -0.2) is 8.42 Å². The number of sulfonamides is 1. The Morgan fingerprint density at radius 3 is 2.03 bits per heavy atom. The molecule has 7 nitrogen and oxygen atoms in total. The molecule has 0 aliphatic heterocycles. The molecule has 0 bridgehead atoms. The van der Waals surface area contributed by atoms with Crippen molar-refractivity contribution in [1.82, 2.24) is 10.6 Å². The largest absolute Gasteiger partial charge is 0.354 e. The first-order valence-corrected chi connectivity index (χ1v) is 14.1. The number of amides is 2. The molecule has 3 rings (SSSR count). The standard InChI is InChI=1S/C30H37N3O4S/c1-20-10-12-25(13-11-20)33-38(36,37)26-9-7-8-23(18-26)29(35)32-15-14-31-28(34)19-27-21(2)16-24(17-22(27)3)30(4,5)6/h7-13,16-18,33H,14-15,19H2,1-6H3,(H,31,34)(H,32,35). The SMILES string of the molecule is Cc1ccc(NS(=O)(=O)c2cccc(C(=O)NCCNC(=O)Cc3c(C)cc(C(C)(C)C)cc3C)c2)cc1. The Hall–Kier alpha value is -3.65. The van der Waals surface area contributed by atoms with Gasteiger partial charge in [0.1, 0.15) is 0 Å². The van der Waals surface area contributed by atoms with Crippen LogP contribution in [-0.2, 0) is 26.7 Å². The molecule has 0 radical (unpaired) electrons. The highest BCUT2D eigenvalue weighted by atomic mass is 32.2. The molecule has 202 valence electrons. The Kier molecular flexibility index (Phi) is 8.99. The highest BCUT2D eigenvalue weighted by Crippen LogP contribution is 2.27. The Balaban J connectivity index is 1.53. The number of rotatable bonds is 9. The molecule has 0 heterocycles. The molecule has 0 aromatic heterocycles. The van der Waals surface area contributed by atoms with E-state index in [1.165, 1.54) is 23.8 Å². The summed E-state index contributed by atoms with van der Waals surface area (Å²) in [5.41, 5.74) is 6.14. The topological polar surface area (TPSA) is 104 Å². The molecule has 0 unspecified atom stereocenters. The van der Waals surface area contributed by atoms with Crippen LogP contribution in [0.15, 0.2) is 65.6 Å². The lowest BCUT2D eigenvalue weighted by Crippen LogP contribution is -2.35. The van der Waals surface area contributed by atoms with E-state index >= 15 is 0 Å². The average Bonchev–Trinajstić information content (AvgIpc) is 2.84. The van der Waals surface area contributed by atoms with Crippen LogP contribution in [0.3, 0.4) is 0 Å². The summed E-state index contributed by atoms with van der Waals surface area (Å²) >= 11 is 0. The van der Waals surface area contributed by atoms with E-state index < -0.39 is 15.9 Å². The zero-order valence-electron chi connectivity index (χ0n) is 22.9. The summed E-state index contributed by atoms with van der Waals surface area (Å²) in [5.74, 6) is -0.541. The number of carbonyl (C=O) groups is 2.